The highest BCUT2D eigenvalue weighted by Gasteiger charge is 2.30. The summed E-state index contributed by atoms with van der Waals surface area (Å²) >= 11 is 5.34. The highest BCUT2D eigenvalue weighted by molar-refractivity contribution is 6.18. The summed E-state index contributed by atoms with van der Waals surface area (Å²) in [5.41, 5.74) is -0.869. The predicted octanol–water partition coefficient (Wildman–Crippen LogP) is 2.67. The lowest BCUT2D eigenvalue weighted by atomic mass is 10.1. The SMILES string of the molecule is O=C(NCCCl)c1cccc(C(F)(F)F)c1. The summed E-state index contributed by atoms with van der Waals surface area (Å²) in [5.74, 6) is -0.350. The minimum Gasteiger partial charge on any atom is -0.351 e. The lowest BCUT2D eigenvalue weighted by Gasteiger charge is -2.08. The fraction of sp³-hybridized carbons (Fsp3) is 0.300. The molecule has 88 valence electrons. The molecule has 0 radical (unpaired) electrons. The zero-order chi connectivity index (χ0) is 12.2. The van der Waals surface area contributed by atoms with E-state index in [1.54, 1.807) is 0 Å². The molecule has 1 rings (SSSR count). The van der Waals surface area contributed by atoms with E-state index in [1.165, 1.54) is 12.1 Å². The normalized spacial score (nSPS) is 11.2. The van der Waals surface area contributed by atoms with Crippen molar-refractivity contribution in [2.45, 2.75) is 6.18 Å². The van der Waals surface area contributed by atoms with Crippen molar-refractivity contribution < 1.29 is 18.0 Å². The van der Waals surface area contributed by atoms with E-state index < -0.39 is 17.6 Å². The number of alkyl halides is 4. The van der Waals surface area contributed by atoms with Gasteiger partial charge in [-0.1, -0.05) is 6.07 Å². The Hall–Kier alpha value is -1.23. The minimum absolute atomic E-state index is 0.0278. The van der Waals surface area contributed by atoms with Crippen molar-refractivity contribution in [2.24, 2.45) is 0 Å². The topological polar surface area (TPSA) is 29.1 Å². The molecule has 2 nitrogen and oxygen atoms in total. The smallest absolute Gasteiger partial charge is 0.351 e. The Morgan fingerprint density at radius 3 is 2.62 bits per heavy atom. The molecule has 6 heteroatoms. The number of carbonyl (C=O) groups is 1. The minimum atomic E-state index is -4.44. The Balaban J connectivity index is 2.86. The number of hydrogen-bond acceptors (Lipinski definition) is 1. The van der Waals surface area contributed by atoms with Gasteiger partial charge in [0, 0.05) is 18.0 Å². The number of amides is 1. The summed E-state index contributed by atoms with van der Waals surface area (Å²) in [6.07, 6.45) is -4.44. The van der Waals surface area contributed by atoms with E-state index in [1.807, 2.05) is 0 Å². The molecule has 0 bridgehead atoms. The third kappa shape index (κ3) is 3.41. The maximum atomic E-state index is 12.3. The van der Waals surface area contributed by atoms with E-state index >= 15 is 0 Å². The van der Waals surface area contributed by atoms with Gasteiger partial charge < -0.3 is 5.32 Å². The second-order valence-electron chi connectivity index (χ2n) is 3.02. The predicted molar refractivity (Wildman–Crippen MR) is 54.5 cm³/mol. The molecule has 16 heavy (non-hydrogen) atoms. The summed E-state index contributed by atoms with van der Waals surface area (Å²) in [6, 6.07) is 4.24. The average Bonchev–Trinajstić information content (AvgIpc) is 2.25. The Labute approximate surface area is 95.4 Å². The van der Waals surface area contributed by atoms with Crippen LogP contribution in [0.2, 0.25) is 0 Å². The third-order valence-electron chi connectivity index (χ3n) is 1.83. The monoisotopic (exact) mass is 251 g/mol. The molecular weight excluding hydrogens is 243 g/mol. The molecule has 1 aromatic carbocycles. The van der Waals surface area contributed by atoms with E-state index in [9.17, 15) is 18.0 Å². The molecule has 0 spiro atoms. The van der Waals surface area contributed by atoms with Gasteiger partial charge in [-0.15, -0.1) is 11.6 Å². The molecule has 1 amide bonds. The van der Waals surface area contributed by atoms with Crippen molar-refractivity contribution in [2.75, 3.05) is 12.4 Å². The Morgan fingerprint density at radius 2 is 2.06 bits per heavy atom. The Kier molecular flexibility index (Phi) is 4.18. The van der Waals surface area contributed by atoms with Crippen molar-refractivity contribution in [3.63, 3.8) is 0 Å². The second kappa shape index (κ2) is 5.21. The van der Waals surface area contributed by atoms with E-state index in [0.717, 1.165) is 12.1 Å². The summed E-state index contributed by atoms with van der Waals surface area (Å²) in [6.45, 7) is 0.219. The van der Waals surface area contributed by atoms with Gasteiger partial charge in [0.15, 0.2) is 0 Å². The molecule has 0 fully saturated rings. The summed E-state index contributed by atoms with van der Waals surface area (Å²) in [5, 5.41) is 2.39. The quantitative estimate of drug-likeness (QED) is 0.823. The van der Waals surface area contributed by atoms with Crippen LogP contribution in [-0.2, 0) is 6.18 Å². The van der Waals surface area contributed by atoms with Crippen LogP contribution in [0.3, 0.4) is 0 Å². The number of halogens is 4. The van der Waals surface area contributed by atoms with Gasteiger partial charge in [0.25, 0.3) is 5.91 Å². The molecule has 0 saturated heterocycles. The zero-order valence-electron chi connectivity index (χ0n) is 8.14. The largest absolute Gasteiger partial charge is 0.416 e. The van der Waals surface area contributed by atoms with Crippen LogP contribution in [0.4, 0.5) is 13.2 Å². The van der Waals surface area contributed by atoms with Gasteiger partial charge in [-0.2, -0.15) is 13.2 Å². The highest BCUT2D eigenvalue weighted by Crippen LogP contribution is 2.29. The molecule has 0 atom stereocenters. The van der Waals surface area contributed by atoms with Crippen LogP contribution < -0.4 is 5.32 Å². The van der Waals surface area contributed by atoms with Gasteiger partial charge in [0.05, 0.1) is 5.56 Å². The molecule has 0 aliphatic carbocycles. The van der Waals surface area contributed by atoms with Crippen molar-refractivity contribution in [1.29, 1.82) is 0 Å². The van der Waals surface area contributed by atoms with Crippen LogP contribution in [-0.4, -0.2) is 18.3 Å². The van der Waals surface area contributed by atoms with E-state index in [2.05, 4.69) is 5.32 Å². The van der Waals surface area contributed by atoms with Gasteiger partial charge in [-0.05, 0) is 18.2 Å². The molecule has 0 unspecified atom stereocenters. The van der Waals surface area contributed by atoms with Gasteiger partial charge in [-0.25, -0.2) is 0 Å². The van der Waals surface area contributed by atoms with E-state index in [-0.39, 0.29) is 18.0 Å². The first-order valence-electron chi connectivity index (χ1n) is 4.46. The van der Waals surface area contributed by atoms with E-state index in [0.29, 0.717) is 0 Å². The fourth-order valence-corrected chi connectivity index (χ4v) is 1.19. The molecule has 0 aromatic heterocycles. The fourth-order valence-electron chi connectivity index (χ4n) is 1.10. The molecule has 0 aliphatic rings. The number of hydrogen-bond donors (Lipinski definition) is 1. The number of rotatable bonds is 3. The maximum absolute atomic E-state index is 12.3. The number of carbonyl (C=O) groups excluding carboxylic acids is 1. The molecule has 0 aliphatic heterocycles. The first-order valence-corrected chi connectivity index (χ1v) is 5.00. The van der Waals surface area contributed by atoms with Gasteiger partial charge in [-0.3, -0.25) is 4.79 Å². The molecular formula is C10H9ClF3NO. The van der Waals surface area contributed by atoms with Crippen molar-refractivity contribution in [1.82, 2.24) is 5.32 Å². The first kappa shape index (κ1) is 12.8. The van der Waals surface area contributed by atoms with Crippen LogP contribution in [0.25, 0.3) is 0 Å². The Morgan fingerprint density at radius 1 is 1.38 bits per heavy atom. The lowest BCUT2D eigenvalue weighted by molar-refractivity contribution is -0.137. The average molecular weight is 252 g/mol. The second-order valence-corrected chi connectivity index (χ2v) is 3.40. The van der Waals surface area contributed by atoms with Crippen LogP contribution in [0.5, 0.6) is 0 Å². The van der Waals surface area contributed by atoms with Crippen molar-refractivity contribution in [3.8, 4) is 0 Å². The highest BCUT2D eigenvalue weighted by atomic mass is 35.5. The third-order valence-corrected chi connectivity index (χ3v) is 2.02. The molecule has 1 aromatic rings. The van der Waals surface area contributed by atoms with Crippen LogP contribution >= 0.6 is 11.6 Å². The Bertz CT molecular complexity index is 379. The van der Waals surface area contributed by atoms with Crippen LogP contribution in [0, 0.1) is 0 Å². The van der Waals surface area contributed by atoms with E-state index in [4.69, 9.17) is 11.6 Å². The van der Waals surface area contributed by atoms with Gasteiger partial charge >= 0.3 is 6.18 Å². The van der Waals surface area contributed by atoms with Gasteiger partial charge in [0.2, 0.25) is 0 Å². The summed E-state index contributed by atoms with van der Waals surface area (Å²) in [7, 11) is 0. The number of benzene rings is 1. The lowest BCUT2D eigenvalue weighted by Crippen LogP contribution is -2.25. The van der Waals surface area contributed by atoms with Crippen molar-refractivity contribution in [3.05, 3.63) is 35.4 Å². The van der Waals surface area contributed by atoms with Crippen LogP contribution in [0.15, 0.2) is 24.3 Å². The maximum Gasteiger partial charge on any atom is 0.416 e. The molecule has 1 N–H and O–H groups in total. The van der Waals surface area contributed by atoms with Crippen LogP contribution in [0.1, 0.15) is 15.9 Å². The zero-order valence-corrected chi connectivity index (χ0v) is 8.90. The molecule has 0 saturated carbocycles. The van der Waals surface area contributed by atoms with Gasteiger partial charge in [0.1, 0.15) is 0 Å². The van der Waals surface area contributed by atoms with Crippen molar-refractivity contribution >= 4 is 17.5 Å². The summed E-state index contributed by atoms with van der Waals surface area (Å²) < 4.78 is 37.0. The first-order chi connectivity index (χ1) is 7.45. The standard InChI is InChI=1S/C10H9ClF3NO/c11-4-5-15-9(16)7-2-1-3-8(6-7)10(12,13)14/h1-3,6H,4-5H2,(H,15,16). The summed E-state index contributed by atoms with van der Waals surface area (Å²) in [4.78, 5) is 11.3. The molecule has 0 heterocycles. The number of nitrogens with one attached hydrogen (secondary N) is 1.